The molecule has 0 amide bonds. The number of aromatic hydroxyl groups is 1. The number of halogens is 2. The van der Waals surface area contributed by atoms with E-state index in [9.17, 15) is 5.11 Å². The highest BCUT2D eigenvalue weighted by atomic mass is 35.5. The number of nitrogens with zero attached hydrogens (tertiary/aromatic N) is 1. The van der Waals surface area contributed by atoms with E-state index in [2.05, 4.69) is 11.9 Å². The zero-order valence-electron chi connectivity index (χ0n) is 13.5. The summed E-state index contributed by atoms with van der Waals surface area (Å²) in [4.78, 5) is 2.30. The van der Waals surface area contributed by atoms with Crippen LogP contribution in [0.25, 0.3) is 0 Å². The smallest absolute Gasteiger partial charge is 0.134 e. The lowest BCUT2D eigenvalue weighted by molar-refractivity contribution is 0.327. The van der Waals surface area contributed by atoms with Crippen molar-refractivity contribution in [2.24, 2.45) is 0 Å². The van der Waals surface area contributed by atoms with Crippen LogP contribution in [-0.4, -0.2) is 36.8 Å². The molecule has 2 aromatic rings. The Hall–Kier alpha value is -1.42. The number of hydrogen-bond acceptors (Lipinski definition) is 3. The van der Waals surface area contributed by atoms with Gasteiger partial charge in [-0.1, -0.05) is 23.2 Å². The maximum absolute atomic E-state index is 10.1. The predicted octanol–water partition coefficient (Wildman–Crippen LogP) is 4.25. The minimum Gasteiger partial charge on any atom is -0.506 e. The van der Waals surface area contributed by atoms with Crippen LogP contribution >= 0.6 is 23.2 Å². The topological polar surface area (TPSA) is 32.7 Å². The molecule has 0 aromatic heterocycles. The molecule has 1 unspecified atom stereocenters. The highest BCUT2D eigenvalue weighted by molar-refractivity contribution is 6.32. The molecule has 0 fully saturated rings. The molecule has 4 rings (SSSR count). The molecular formula is C19H19Cl2NO2. The van der Waals surface area contributed by atoms with E-state index in [0.29, 0.717) is 11.6 Å². The molecule has 1 N–H and O–H groups in total. The molecule has 2 aliphatic heterocycles. The molecule has 3 nitrogen and oxygen atoms in total. The second kappa shape index (κ2) is 6.14. The Labute approximate surface area is 151 Å². The molecule has 2 heterocycles. The highest BCUT2D eigenvalue weighted by Gasteiger charge is 2.29. The first kappa shape index (κ1) is 16.1. The van der Waals surface area contributed by atoms with E-state index >= 15 is 0 Å². The van der Waals surface area contributed by atoms with Crippen molar-refractivity contribution in [3.8, 4) is 11.5 Å². The lowest BCUT2D eigenvalue weighted by atomic mass is 9.86. The molecule has 1 atom stereocenters. The lowest BCUT2D eigenvalue weighted by Gasteiger charge is -2.24. The van der Waals surface area contributed by atoms with Gasteiger partial charge in [0.15, 0.2) is 0 Å². The molecule has 2 aliphatic rings. The summed E-state index contributed by atoms with van der Waals surface area (Å²) in [5.74, 6) is 1.19. The first-order valence-electron chi connectivity index (χ1n) is 8.18. The maximum Gasteiger partial charge on any atom is 0.134 e. The molecular weight excluding hydrogens is 345 g/mol. The summed E-state index contributed by atoms with van der Waals surface area (Å²) in [5.41, 5.74) is 4.57. The molecule has 0 radical (unpaired) electrons. The monoisotopic (exact) mass is 363 g/mol. The van der Waals surface area contributed by atoms with Gasteiger partial charge in [-0.2, -0.15) is 0 Å². The molecule has 0 aliphatic carbocycles. The van der Waals surface area contributed by atoms with Crippen LogP contribution < -0.4 is 4.74 Å². The van der Waals surface area contributed by atoms with Crippen molar-refractivity contribution in [1.82, 2.24) is 4.90 Å². The Morgan fingerprint density at radius 3 is 2.75 bits per heavy atom. The van der Waals surface area contributed by atoms with Crippen LogP contribution in [0.3, 0.4) is 0 Å². The molecule has 2 aromatic carbocycles. The Balaban J connectivity index is 1.91. The number of rotatable bonds is 1. The van der Waals surface area contributed by atoms with Crippen LogP contribution in [0.15, 0.2) is 24.3 Å². The summed E-state index contributed by atoms with van der Waals surface area (Å²) in [7, 11) is 2.12. The first-order chi connectivity index (χ1) is 11.5. The van der Waals surface area contributed by atoms with Crippen LogP contribution in [0, 0.1) is 0 Å². The van der Waals surface area contributed by atoms with Gasteiger partial charge in [-0.25, -0.2) is 0 Å². The van der Waals surface area contributed by atoms with Gasteiger partial charge in [-0.15, -0.1) is 0 Å². The number of phenols is 1. The third-order valence-electron chi connectivity index (χ3n) is 4.99. The third-order valence-corrected chi connectivity index (χ3v) is 5.51. The zero-order valence-corrected chi connectivity index (χ0v) is 15.0. The normalized spacial score (nSPS) is 20.2. The number of hydrogen-bond donors (Lipinski definition) is 1. The van der Waals surface area contributed by atoms with Gasteiger partial charge in [-0.3, -0.25) is 0 Å². The molecule has 0 saturated heterocycles. The molecule has 126 valence electrons. The van der Waals surface area contributed by atoms with Gasteiger partial charge >= 0.3 is 0 Å². The summed E-state index contributed by atoms with van der Waals surface area (Å²) in [5, 5.41) is 11.3. The van der Waals surface area contributed by atoms with E-state index in [4.69, 9.17) is 27.9 Å². The average molecular weight is 364 g/mol. The van der Waals surface area contributed by atoms with Gasteiger partial charge in [-0.05, 0) is 54.4 Å². The van der Waals surface area contributed by atoms with Gasteiger partial charge in [0.2, 0.25) is 0 Å². The van der Waals surface area contributed by atoms with E-state index in [-0.39, 0.29) is 11.7 Å². The second-order valence-electron chi connectivity index (χ2n) is 6.65. The fourth-order valence-corrected chi connectivity index (χ4v) is 4.23. The van der Waals surface area contributed by atoms with Crippen molar-refractivity contribution < 1.29 is 9.84 Å². The summed E-state index contributed by atoms with van der Waals surface area (Å²) in [6, 6.07) is 7.70. The Bertz CT molecular complexity index is 806. The Morgan fingerprint density at radius 2 is 1.92 bits per heavy atom. The Morgan fingerprint density at radius 1 is 1.08 bits per heavy atom. The molecule has 0 bridgehead atoms. The standard InChI is InChI=1S/C19H19Cl2NO2/c1-22-4-2-11-7-17(21)18(23)9-14(11)16(10-22)15-8-13(20)6-12-3-5-24-19(12)15/h6-9,16,23H,2-5,10H2,1H3. The highest BCUT2D eigenvalue weighted by Crippen LogP contribution is 2.43. The van der Waals surface area contributed by atoms with Crippen LogP contribution in [0.5, 0.6) is 11.5 Å². The minimum absolute atomic E-state index is 0.0983. The van der Waals surface area contributed by atoms with Crippen molar-refractivity contribution in [1.29, 1.82) is 0 Å². The van der Waals surface area contributed by atoms with E-state index in [1.54, 1.807) is 0 Å². The van der Waals surface area contributed by atoms with Crippen molar-refractivity contribution in [3.05, 3.63) is 56.6 Å². The molecule has 5 heteroatoms. The van der Waals surface area contributed by atoms with E-state index in [1.807, 2.05) is 24.3 Å². The predicted molar refractivity (Wildman–Crippen MR) is 96.8 cm³/mol. The number of likely N-dealkylation sites (N-methyl/N-ethyl adjacent to an activating group) is 1. The van der Waals surface area contributed by atoms with E-state index < -0.39 is 0 Å². The van der Waals surface area contributed by atoms with Gasteiger partial charge in [0.05, 0.1) is 11.6 Å². The second-order valence-corrected chi connectivity index (χ2v) is 7.49. The van der Waals surface area contributed by atoms with Crippen LogP contribution in [0.1, 0.15) is 28.2 Å². The van der Waals surface area contributed by atoms with E-state index in [0.717, 1.165) is 47.8 Å². The quantitative estimate of drug-likeness (QED) is 0.821. The van der Waals surface area contributed by atoms with Crippen LogP contribution in [-0.2, 0) is 12.8 Å². The molecule has 24 heavy (non-hydrogen) atoms. The van der Waals surface area contributed by atoms with Crippen molar-refractivity contribution in [2.75, 3.05) is 26.7 Å². The fraction of sp³-hybridized carbons (Fsp3) is 0.368. The zero-order chi connectivity index (χ0) is 16.8. The number of fused-ring (bicyclic) bond motifs is 2. The maximum atomic E-state index is 10.1. The molecule has 0 spiro atoms. The van der Waals surface area contributed by atoms with Crippen molar-refractivity contribution >= 4 is 23.2 Å². The Kier molecular flexibility index (Phi) is 4.11. The summed E-state index contributed by atoms with van der Waals surface area (Å²) in [6.45, 7) is 2.50. The molecule has 0 saturated carbocycles. The van der Waals surface area contributed by atoms with Crippen LogP contribution in [0.2, 0.25) is 10.0 Å². The van der Waals surface area contributed by atoms with Gasteiger partial charge in [0.25, 0.3) is 0 Å². The van der Waals surface area contributed by atoms with Crippen molar-refractivity contribution in [3.63, 3.8) is 0 Å². The number of benzene rings is 2. The summed E-state index contributed by atoms with van der Waals surface area (Å²) in [6.07, 6.45) is 1.80. The first-order valence-corrected chi connectivity index (χ1v) is 8.93. The SMILES string of the molecule is CN1CCc2cc(Cl)c(O)cc2C(c2cc(Cl)cc3c2OCC3)C1. The fourth-order valence-electron chi connectivity index (χ4n) is 3.80. The summed E-state index contributed by atoms with van der Waals surface area (Å²) >= 11 is 12.5. The minimum atomic E-state index is 0.0983. The van der Waals surface area contributed by atoms with E-state index in [1.165, 1.54) is 11.1 Å². The average Bonchev–Trinajstić information content (AvgIpc) is 2.95. The number of phenolic OH excluding ortho intramolecular Hbond substituents is 1. The largest absolute Gasteiger partial charge is 0.506 e. The van der Waals surface area contributed by atoms with Gasteiger partial charge in [0, 0.05) is 36.0 Å². The third kappa shape index (κ3) is 2.75. The lowest BCUT2D eigenvalue weighted by Crippen LogP contribution is -2.24. The van der Waals surface area contributed by atoms with Crippen LogP contribution in [0.4, 0.5) is 0 Å². The van der Waals surface area contributed by atoms with Gasteiger partial charge in [0.1, 0.15) is 11.5 Å². The number of ether oxygens (including phenoxy) is 1. The summed E-state index contributed by atoms with van der Waals surface area (Å²) < 4.78 is 5.92. The van der Waals surface area contributed by atoms with Gasteiger partial charge < -0.3 is 14.7 Å². The van der Waals surface area contributed by atoms with Crippen molar-refractivity contribution in [2.45, 2.75) is 18.8 Å².